The molecule has 0 fully saturated rings. The van der Waals surface area contributed by atoms with Crippen molar-refractivity contribution in [2.45, 2.75) is 18.7 Å². The first-order valence-corrected chi connectivity index (χ1v) is 15.9. The van der Waals surface area contributed by atoms with Crippen LogP contribution in [0.4, 0.5) is 5.69 Å². The molecule has 5 rings (SSSR count). The zero-order chi connectivity index (χ0) is 31.3. The maximum Gasteiger partial charge on any atom is 0.339 e. The van der Waals surface area contributed by atoms with Gasteiger partial charge in [-0.3, -0.25) is 4.79 Å². The van der Waals surface area contributed by atoms with Crippen LogP contribution < -0.4 is 5.32 Å². The lowest BCUT2D eigenvalue weighted by atomic mass is 10.0. The molecule has 0 saturated heterocycles. The van der Waals surface area contributed by atoms with Gasteiger partial charge in [0.1, 0.15) is 0 Å². The van der Waals surface area contributed by atoms with Crippen LogP contribution in [0.15, 0.2) is 108 Å². The van der Waals surface area contributed by atoms with E-state index in [2.05, 4.69) is 5.32 Å². The number of carbonyl (C=O) groups is 2. The van der Waals surface area contributed by atoms with E-state index in [9.17, 15) is 18.0 Å². The number of carbonyl (C=O) groups excluding carboxylic acids is 2. The molecule has 1 N–H and O–H groups in total. The number of pyridine rings is 1. The van der Waals surface area contributed by atoms with E-state index in [1.165, 1.54) is 22.5 Å². The molecule has 0 atom stereocenters. The van der Waals surface area contributed by atoms with E-state index >= 15 is 0 Å². The second-order valence-electron chi connectivity index (χ2n) is 9.87. The Morgan fingerprint density at radius 2 is 1.45 bits per heavy atom. The van der Waals surface area contributed by atoms with Crippen molar-refractivity contribution in [3.8, 4) is 22.4 Å². The number of benzene rings is 4. The molecule has 1 aromatic heterocycles. The standard InChI is InChI=1S/C34H30ClN3O5S/c1-3-38(4-2)44(41,42)26-18-19-29(35)32(20-26)37-33(39)22-43-34(40)28-21-31(36-30-13-9-8-12-27(28)30)25-16-14-24(15-17-25)23-10-6-5-7-11-23/h5-21H,3-4,22H2,1-2H3,(H,37,39). The number of para-hydroxylation sites is 1. The summed E-state index contributed by atoms with van der Waals surface area (Å²) in [6, 6.07) is 30.8. The minimum absolute atomic E-state index is 0.00881. The zero-order valence-corrected chi connectivity index (χ0v) is 25.7. The van der Waals surface area contributed by atoms with Crippen LogP contribution in [0.25, 0.3) is 33.3 Å². The van der Waals surface area contributed by atoms with Crippen LogP contribution in [0, 0.1) is 0 Å². The van der Waals surface area contributed by atoms with Crippen molar-refractivity contribution in [1.82, 2.24) is 9.29 Å². The molecule has 0 aliphatic heterocycles. The summed E-state index contributed by atoms with van der Waals surface area (Å²) in [5.74, 6) is -1.38. The number of amides is 1. The molecule has 0 saturated carbocycles. The lowest BCUT2D eigenvalue weighted by molar-refractivity contribution is -0.119. The Morgan fingerprint density at radius 3 is 2.16 bits per heavy atom. The average Bonchev–Trinajstić information content (AvgIpc) is 3.05. The summed E-state index contributed by atoms with van der Waals surface area (Å²) in [5.41, 5.74) is 4.50. The molecular formula is C34H30ClN3O5S. The van der Waals surface area contributed by atoms with Crippen molar-refractivity contribution in [3.63, 3.8) is 0 Å². The summed E-state index contributed by atoms with van der Waals surface area (Å²) in [7, 11) is -3.77. The Morgan fingerprint density at radius 1 is 0.818 bits per heavy atom. The number of sulfonamides is 1. The first-order chi connectivity index (χ1) is 21.2. The lowest BCUT2D eigenvalue weighted by Crippen LogP contribution is -2.30. The molecule has 1 amide bonds. The average molecular weight is 628 g/mol. The summed E-state index contributed by atoms with van der Waals surface area (Å²) < 4.78 is 32.6. The van der Waals surface area contributed by atoms with Gasteiger partial charge < -0.3 is 10.1 Å². The summed E-state index contributed by atoms with van der Waals surface area (Å²) in [5, 5.41) is 3.28. The SMILES string of the molecule is CCN(CC)S(=O)(=O)c1ccc(Cl)c(NC(=O)COC(=O)c2cc(-c3ccc(-c4ccccc4)cc3)nc3ccccc23)c1. The number of anilines is 1. The second-order valence-corrected chi connectivity index (χ2v) is 12.2. The largest absolute Gasteiger partial charge is 0.452 e. The van der Waals surface area contributed by atoms with Crippen LogP contribution in [-0.4, -0.2) is 49.3 Å². The Balaban J connectivity index is 1.34. The third-order valence-corrected chi connectivity index (χ3v) is 9.49. The number of aromatic nitrogens is 1. The van der Waals surface area contributed by atoms with Gasteiger partial charge >= 0.3 is 5.97 Å². The van der Waals surface area contributed by atoms with Gasteiger partial charge in [0, 0.05) is 24.0 Å². The molecule has 0 unspecified atom stereocenters. The van der Waals surface area contributed by atoms with Gasteiger partial charge in [-0.15, -0.1) is 0 Å². The number of nitrogens with zero attached hydrogens (tertiary/aromatic N) is 2. The molecule has 224 valence electrons. The monoisotopic (exact) mass is 627 g/mol. The van der Waals surface area contributed by atoms with Crippen molar-refractivity contribution in [2.75, 3.05) is 25.0 Å². The zero-order valence-electron chi connectivity index (χ0n) is 24.2. The van der Waals surface area contributed by atoms with Crippen LogP contribution in [0.3, 0.4) is 0 Å². The molecule has 0 aliphatic rings. The highest BCUT2D eigenvalue weighted by atomic mass is 35.5. The molecule has 44 heavy (non-hydrogen) atoms. The molecular weight excluding hydrogens is 598 g/mol. The topological polar surface area (TPSA) is 106 Å². The highest BCUT2D eigenvalue weighted by Gasteiger charge is 2.23. The Kier molecular flexibility index (Phi) is 9.39. The predicted molar refractivity (Wildman–Crippen MR) is 173 cm³/mol. The number of hydrogen-bond acceptors (Lipinski definition) is 6. The molecule has 1 heterocycles. The fourth-order valence-corrected chi connectivity index (χ4v) is 6.47. The number of hydrogen-bond donors (Lipinski definition) is 1. The van der Waals surface area contributed by atoms with Crippen molar-refractivity contribution >= 4 is 50.1 Å². The smallest absolute Gasteiger partial charge is 0.339 e. The third-order valence-electron chi connectivity index (χ3n) is 7.11. The predicted octanol–water partition coefficient (Wildman–Crippen LogP) is 7.05. The Hall–Kier alpha value is -4.57. The summed E-state index contributed by atoms with van der Waals surface area (Å²) in [6.45, 7) is 3.46. The van der Waals surface area contributed by atoms with E-state index in [0.717, 1.165) is 16.7 Å². The van der Waals surface area contributed by atoms with Gasteiger partial charge in [0.2, 0.25) is 10.0 Å². The first-order valence-electron chi connectivity index (χ1n) is 14.0. The third kappa shape index (κ3) is 6.65. The number of ether oxygens (including phenoxy) is 1. The van der Waals surface area contributed by atoms with Crippen LogP contribution in [0.1, 0.15) is 24.2 Å². The number of esters is 1. The molecule has 8 nitrogen and oxygen atoms in total. The molecule has 0 spiro atoms. The quantitative estimate of drug-likeness (QED) is 0.166. The van der Waals surface area contributed by atoms with E-state index < -0.39 is 28.5 Å². The van der Waals surface area contributed by atoms with Crippen molar-refractivity contribution in [1.29, 1.82) is 0 Å². The van der Waals surface area contributed by atoms with Gasteiger partial charge in [-0.25, -0.2) is 18.2 Å². The first kappa shape index (κ1) is 30.9. The minimum Gasteiger partial charge on any atom is -0.452 e. The van der Waals surface area contributed by atoms with Crippen molar-refractivity contribution in [2.24, 2.45) is 0 Å². The molecule has 0 bridgehead atoms. The van der Waals surface area contributed by atoms with E-state index in [1.807, 2.05) is 66.7 Å². The van der Waals surface area contributed by atoms with Crippen LogP contribution in [0.2, 0.25) is 5.02 Å². The van der Waals surface area contributed by atoms with E-state index in [1.54, 1.807) is 32.0 Å². The van der Waals surface area contributed by atoms with Crippen LogP contribution >= 0.6 is 11.6 Å². The second kappa shape index (κ2) is 13.4. The van der Waals surface area contributed by atoms with Gasteiger partial charge in [-0.1, -0.05) is 98.2 Å². The fraction of sp³-hybridized carbons (Fsp3) is 0.147. The number of nitrogens with one attached hydrogen (secondary N) is 1. The van der Waals surface area contributed by atoms with Gasteiger partial charge in [0.25, 0.3) is 5.91 Å². The highest BCUT2D eigenvalue weighted by Crippen LogP contribution is 2.29. The molecule has 0 radical (unpaired) electrons. The summed E-state index contributed by atoms with van der Waals surface area (Å²) in [6.07, 6.45) is 0. The van der Waals surface area contributed by atoms with Gasteiger partial charge in [0.15, 0.2) is 6.61 Å². The molecule has 4 aromatic carbocycles. The summed E-state index contributed by atoms with van der Waals surface area (Å²) in [4.78, 5) is 30.8. The fourth-order valence-electron chi connectivity index (χ4n) is 4.82. The maximum atomic E-state index is 13.3. The van der Waals surface area contributed by atoms with Gasteiger partial charge in [0.05, 0.1) is 32.4 Å². The van der Waals surface area contributed by atoms with E-state index in [-0.39, 0.29) is 21.2 Å². The molecule has 5 aromatic rings. The maximum absolute atomic E-state index is 13.3. The molecule has 0 aliphatic carbocycles. The van der Waals surface area contributed by atoms with E-state index in [4.69, 9.17) is 21.3 Å². The Bertz CT molecular complexity index is 1930. The summed E-state index contributed by atoms with van der Waals surface area (Å²) >= 11 is 6.24. The lowest BCUT2D eigenvalue weighted by Gasteiger charge is -2.19. The number of halogens is 1. The minimum atomic E-state index is -3.77. The highest BCUT2D eigenvalue weighted by molar-refractivity contribution is 7.89. The van der Waals surface area contributed by atoms with Gasteiger partial charge in [-0.2, -0.15) is 4.31 Å². The number of rotatable bonds is 10. The number of fused-ring (bicyclic) bond motifs is 1. The van der Waals surface area contributed by atoms with Crippen LogP contribution in [-0.2, 0) is 19.6 Å². The van der Waals surface area contributed by atoms with Crippen molar-refractivity contribution < 1.29 is 22.7 Å². The normalized spacial score (nSPS) is 11.5. The Labute approximate surface area is 261 Å². The van der Waals surface area contributed by atoms with Gasteiger partial charge in [-0.05, 0) is 41.5 Å². The van der Waals surface area contributed by atoms with Crippen LogP contribution in [0.5, 0.6) is 0 Å². The molecule has 10 heteroatoms. The van der Waals surface area contributed by atoms with E-state index in [0.29, 0.717) is 29.7 Å². The van der Waals surface area contributed by atoms with Crippen molar-refractivity contribution in [3.05, 3.63) is 114 Å².